The van der Waals surface area contributed by atoms with Crippen molar-refractivity contribution in [2.45, 2.75) is 6.85 Å². The van der Waals surface area contributed by atoms with Crippen LogP contribution in [-0.4, -0.2) is 9.55 Å². The van der Waals surface area contributed by atoms with E-state index in [0.29, 0.717) is 5.52 Å². The first-order valence-corrected chi connectivity index (χ1v) is 13.5. The predicted octanol–water partition coefficient (Wildman–Crippen LogP) is 10.1. The van der Waals surface area contributed by atoms with Crippen LogP contribution in [0.4, 0.5) is 0 Å². The summed E-state index contributed by atoms with van der Waals surface area (Å²) in [4.78, 5) is 4.48. The molecule has 0 aliphatic carbocycles. The van der Waals surface area contributed by atoms with Crippen LogP contribution in [0.1, 0.15) is 9.94 Å². The van der Waals surface area contributed by atoms with Gasteiger partial charge in [0.15, 0.2) is 0 Å². The number of imidazole rings is 1. The van der Waals surface area contributed by atoms with Crippen LogP contribution in [0.3, 0.4) is 0 Å². The van der Waals surface area contributed by atoms with Gasteiger partial charge in [0.25, 0.3) is 0 Å². The molecule has 0 spiro atoms. The molecule has 2 heteroatoms. The Bertz CT molecular complexity index is 2270. The Morgan fingerprint density at radius 3 is 1.80 bits per heavy atom. The van der Waals surface area contributed by atoms with Crippen molar-refractivity contribution in [2.24, 2.45) is 0 Å². The molecule has 0 bridgehead atoms. The molecular formula is C38H26N2. The zero-order chi connectivity index (χ0) is 29.1. The lowest BCUT2D eigenvalue weighted by Gasteiger charge is -2.19. The Kier molecular flexibility index (Phi) is 4.42. The van der Waals surface area contributed by atoms with Crippen molar-refractivity contribution >= 4 is 43.4 Å². The predicted molar refractivity (Wildman–Crippen MR) is 169 cm³/mol. The molecular weight excluding hydrogens is 484 g/mol. The van der Waals surface area contributed by atoms with Crippen LogP contribution in [0.15, 0.2) is 140 Å². The highest BCUT2D eigenvalue weighted by Crippen LogP contribution is 2.45. The number of benzene rings is 7. The monoisotopic (exact) mass is 513 g/mol. The summed E-state index contributed by atoms with van der Waals surface area (Å²) in [6, 6.07) is 48.1. The van der Waals surface area contributed by atoms with Gasteiger partial charge < -0.3 is 0 Å². The van der Waals surface area contributed by atoms with E-state index in [1.807, 2.05) is 36.4 Å². The summed E-state index contributed by atoms with van der Waals surface area (Å²) in [5, 5.41) is 7.19. The highest BCUT2D eigenvalue weighted by Gasteiger charge is 2.18. The van der Waals surface area contributed by atoms with Crippen LogP contribution >= 0.6 is 0 Å². The van der Waals surface area contributed by atoms with Crippen LogP contribution in [0.5, 0.6) is 0 Å². The van der Waals surface area contributed by atoms with Crippen LogP contribution in [-0.2, 0) is 0 Å². The Morgan fingerprint density at radius 2 is 1.10 bits per heavy atom. The second-order valence-corrected chi connectivity index (χ2v) is 10.2. The molecule has 0 amide bonds. The first kappa shape index (κ1) is 19.8. The number of nitrogens with zero attached hydrogens (tertiary/aromatic N) is 2. The number of rotatable bonds is 3. The number of hydrogen-bond acceptors (Lipinski definition) is 1. The molecule has 188 valence electrons. The topological polar surface area (TPSA) is 17.8 Å². The Morgan fingerprint density at radius 1 is 0.525 bits per heavy atom. The van der Waals surface area contributed by atoms with Crippen LogP contribution in [0, 0.1) is 6.85 Å². The van der Waals surface area contributed by atoms with Gasteiger partial charge in [-0.3, -0.25) is 4.57 Å². The molecule has 1 aromatic heterocycles. The highest BCUT2D eigenvalue weighted by atomic mass is 15.1. The summed E-state index contributed by atoms with van der Waals surface area (Å²) < 4.78 is 26.2. The lowest BCUT2D eigenvalue weighted by atomic mass is 9.85. The average molecular weight is 514 g/mol. The summed E-state index contributed by atoms with van der Waals surface area (Å²) >= 11 is 0. The first-order valence-electron chi connectivity index (χ1n) is 15.0. The molecule has 0 aliphatic heterocycles. The molecule has 2 nitrogen and oxygen atoms in total. The van der Waals surface area contributed by atoms with Crippen LogP contribution < -0.4 is 0 Å². The van der Waals surface area contributed by atoms with Gasteiger partial charge >= 0.3 is 0 Å². The van der Waals surface area contributed by atoms with Gasteiger partial charge in [0.05, 0.1) is 11.0 Å². The normalized spacial score (nSPS) is 13.1. The second kappa shape index (κ2) is 8.93. The number of fused-ring (bicyclic) bond motifs is 4. The summed E-state index contributed by atoms with van der Waals surface area (Å²) in [6.07, 6.45) is 0. The summed E-state index contributed by atoms with van der Waals surface area (Å²) in [5.41, 5.74) is 6.89. The second-order valence-electron chi connectivity index (χ2n) is 10.2. The smallest absolute Gasteiger partial charge is 0.111 e. The molecule has 0 radical (unpaired) electrons. The third kappa shape index (κ3) is 3.40. The fraction of sp³-hybridized carbons (Fsp3) is 0.0263. The van der Waals surface area contributed by atoms with Gasteiger partial charge in [-0.05, 0) is 85.7 Å². The minimum atomic E-state index is -2.35. The van der Waals surface area contributed by atoms with Gasteiger partial charge in [-0.2, -0.15) is 0 Å². The summed E-state index contributed by atoms with van der Waals surface area (Å²) in [5.74, 6) is 0.0665. The van der Waals surface area contributed by atoms with Crippen LogP contribution in [0.25, 0.3) is 71.3 Å². The quantitative estimate of drug-likeness (QED) is 0.215. The van der Waals surface area contributed by atoms with E-state index in [-0.39, 0.29) is 5.82 Å². The first-order chi connectivity index (χ1) is 21.0. The minimum Gasteiger partial charge on any atom is -0.297 e. The van der Waals surface area contributed by atoms with Crippen molar-refractivity contribution in [1.29, 1.82) is 0 Å². The van der Waals surface area contributed by atoms with E-state index in [1.165, 1.54) is 43.4 Å². The average Bonchev–Trinajstić information content (AvgIpc) is 3.44. The SMILES string of the molecule is [2H]C([2H])([2H])c1nc2ccccc2n1-c1ccc(-c2c3ccccc3c(-c3cccc4ccccc34)c3ccccc23)cc1. The van der Waals surface area contributed by atoms with Gasteiger partial charge in [-0.1, -0.05) is 115 Å². The van der Waals surface area contributed by atoms with E-state index >= 15 is 0 Å². The van der Waals surface area contributed by atoms with Gasteiger partial charge in [0, 0.05) is 9.80 Å². The molecule has 7 aromatic carbocycles. The maximum atomic E-state index is 8.14. The number of hydrogen-bond donors (Lipinski definition) is 0. The van der Waals surface area contributed by atoms with Gasteiger partial charge in [0.2, 0.25) is 0 Å². The lowest BCUT2D eigenvalue weighted by molar-refractivity contribution is 1.00. The molecule has 0 fully saturated rings. The molecule has 0 N–H and O–H groups in total. The van der Waals surface area contributed by atoms with Crippen molar-refractivity contribution in [2.75, 3.05) is 0 Å². The fourth-order valence-corrected chi connectivity index (χ4v) is 6.24. The van der Waals surface area contributed by atoms with E-state index < -0.39 is 6.85 Å². The maximum absolute atomic E-state index is 8.14. The third-order valence-electron chi connectivity index (χ3n) is 7.97. The molecule has 0 aliphatic rings. The molecule has 1 heterocycles. The van der Waals surface area contributed by atoms with E-state index in [2.05, 4.69) is 108 Å². The summed E-state index contributed by atoms with van der Waals surface area (Å²) in [7, 11) is 0. The number of aryl methyl sites for hydroxylation is 1. The number of aromatic nitrogens is 2. The van der Waals surface area contributed by atoms with E-state index in [4.69, 9.17) is 4.11 Å². The lowest BCUT2D eigenvalue weighted by Crippen LogP contribution is -1.97. The molecule has 0 saturated carbocycles. The minimum absolute atomic E-state index is 0.0665. The fourth-order valence-electron chi connectivity index (χ4n) is 6.24. The Labute approximate surface area is 237 Å². The zero-order valence-electron chi connectivity index (χ0n) is 24.7. The standard InChI is InChI=1S/C38H26N2/c1-25-39-35-19-8-9-20-36(35)40(25)28-23-21-27(22-24-28)37-31-14-4-6-16-33(31)38(34-17-7-5-15-32(34)37)30-18-10-12-26-11-2-3-13-29(26)30/h2-24H,1H3/i1D3. The van der Waals surface area contributed by atoms with E-state index in [1.54, 1.807) is 4.57 Å². The molecule has 0 unspecified atom stereocenters. The number of para-hydroxylation sites is 2. The highest BCUT2D eigenvalue weighted by molar-refractivity contribution is 6.23. The molecule has 8 rings (SSSR count). The van der Waals surface area contributed by atoms with Crippen molar-refractivity contribution in [3.05, 3.63) is 145 Å². The van der Waals surface area contributed by atoms with Crippen LogP contribution in [0.2, 0.25) is 0 Å². The van der Waals surface area contributed by atoms with Gasteiger partial charge in [-0.25, -0.2) is 4.98 Å². The third-order valence-corrected chi connectivity index (χ3v) is 7.97. The van der Waals surface area contributed by atoms with Crippen molar-refractivity contribution in [3.63, 3.8) is 0 Å². The van der Waals surface area contributed by atoms with Crippen molar-refractivity contribution in [3.8, 4) is 27.9 Å². The maximum Gasteiger partial charge on any atom is 0.111 e. The zero-order valence-corrected chi connectivity index (χ0v) is 21.7. The Balaban J connectivity index is 1.38. The largest absolute Gasteiger partial charge is 0.297 e. The Hall–Kier alpha value is -5.21. The van der Waals surface area contributed by atoms with Crippen molar-refractivity contribution < 1.29 is 4.11 Å². The molecule has 0 saturated heterocycles. The van der Waals surface area contributed by atoms with E-state index in [9.17, 15) is 0 Å². The van der Waals surface area contributed by atoms with E-state index in [0.717, 1.165) is 22.3 Å². The van der Waals surface area contributed by atoms with Crippen molar-refractivity contribution in [1.82, 2.24) is 9.55 Å². The van der Waals surface area contributed by atoms with Gasteiger partial charge in [0.1, 0.15) is 5.82 Å². The molecule has 8 aromatic rings. The molecule has 0 atom stereocenters. The summed E-state index contributed by atoms with van der Waals surface area (Å²) in [6.45, 7) is -2.35. The molecule has 40 heavy (non-hydrogen) atoms. The van der Waals surface area contributed by atoms with Gasteiger partial charge in [-0.15, -0.1) is 0 Å².